The number of halogens is 1. The maximum atomic E-state index is 12.0. The Morgan fingerprint density at radius 2 is 2.37 bits per heavy atom. The van der Waals surface area contributed by atoms with Crippen molar-refractivity contribution in [2.24, 2.45) is 0 Å². The number of carbonyl (C=O) groups is 1. The molecule has 2 N–H and O–H groups in total. The van der Waals surface area contributed by atoms with Crippen molar-refractivity contribution in [3.05, 3.63) is 28.8 Å². The number of rotatable bonds is 3. The third-order valence-corrected chi connectivity index (χ3v) is 3.77. The molecule has 0 aliphatic carbocycles. The molecule has 19 heavy (non-hydrogen) atoms. The van der Waals surface area contributed by atoms with Crippen LogP contribution in [0.25, 0.3) is 0 Å². The van der Waals surface area contributed by atoms with E-state index in [2.05, 4.69) is 22.5 Å². The first-order chi connectivity index (χ1) is 9.06. The molecule has 1 amide bonds. The van der Waals surface area contributed by atoms with Crippen molar-refractivity contribution in [3.8, 4) is 0 Å². The largest absolute Gasteiger partial charge is 0.325 e. The summed E-state index contributed by atoms with van der Waals surface area (Å²) in [5.74, 6) is 0.0134. The van der Waals surface area contributed by atoms with Crippen LogP contribution in [0, 0.1) is 6.92 Å². The highest BCUT2D eigenvalue weighted by Gasteiger charge is 2.18. The molecule has 1 saturated heterocycles. The molecule has 0 radical (unpaired) electrons. The van der Waals surface area contributed by atoms with Gasteiger partial charge in [0.25, 0.3) is 0 Å². The average molecular weight is 282 g/mol. The molecular weight excluding hydrogens is 262 g/mol. The predicted octanol–water partition coefficient (Wildman–Crippen LogP) is 1.88. The highest BCUT2D eigenvalue weighted by atomic mass is 35.5. The third-order valence-electron chi connectivity index (χ3n) is 3.36. The highest BCUT2D eigenvalue weighted by Crippen LogP contribution is 2.22. The van der Waals surface area contributed by atoms with Gasteiger partial charge in [-0.05, 0) is 31.5 Å². The molecule has 1 aliphatic rings. The Morgan fingerprint density at radius 1 is 1.58 bits per heavy atom. The van der Waals surface area contributed by atoms with Crippen LogP contribution in [0.2, 0.25) is 5.02 Å². The van der Waals surface area contributed by atoms with Crippen molar-refractivity contribution >= 4 is 23.2 Å². The van der Waals surface area contributed by atoms with Crippen molar-refractivity contribution in [1.29, 1.82) is 0 Å². The molecular formula is C14H20ClN3O. The Kier molecular flexibility index (Phi) is 4.80. The Bertz CT molecular complexity index is 464. The summed E-state index contributed by atoms with van der Waals surface area (Å²) in [7, 11) is 0. The lowest BCUT2D eigenvalue weighted by atomic mass is 10.2. The number of nitrogens with zero attached hydrogens (tertiary/aromatic N) is 1. The van der Waals surface area contributed by atoms with E-state index in [1.165, 1.54) is 0 Å². The molecule has 5 heteroatoms. The van der Waals surface area contributed by atoms with Crippen molar-refractivity contribution in [2.45, 2.75) is 19.9 Å². The van der Waals surface area contributed by atoms with E-state index in [9.17, 15) is 4.79 Å². The van der Waals surface area contributed by atoms with E-state index in [0.717, 1.165) is 30.9 Å². The van der Waals surface area contributed by atoms with Gasteiger partial charge in [-0.3, -0.25) is 9.69 Å². The molecule has 4 nitrogen and oxygen atoms in total. The molecule has 1 aliphatic heterocycles. The van der Waals surface area contributed by atoms with Gasteiger partial charge in [-0.25, -0.2) is 0 Å². The molecule has 1 fully saturated rings. The van der Waals surface area contributed by atoms with Crippen LogP contribution >= 0.6 is 11.6 Å². The number of nitrogens with one attached hydrogen (secondary N) is 2. The van der Waals surface area contributed by atoms with Crippen LogP contribution in [0.5, 0.6) is 0 Å². The zero-order valence-electron chi connectivity index (χ0n) is 11.4. The van der Waals surface area contributed by atoms with Gasteiger partial charge in [0.05, 0.1) is 6.54 Å². The number of piperazine rings is 1. The first-order valence-electron chi connectivity index (χ1n) is 6.57. The lowest BCUT2D eigenvalue weighted by molar-refractivity contribution is -0.117. The SMILES string of the molecule is Cc1c(Cl)cccc1NC(=O)CN1CCN[C@H](C)C1. The van der Waals surface area contributed by atoms with Crippen molar-refractivity contribution in [2.75, 3.05) is 31.5 Å². The standard InChI is InChI=1S/C14H20ClN3O/c1-10-8-18(7-6-16-10)9-14(19)17-13-5-3-4-12(15)11(13)2/h3-5,10,16H,6-9H2,1-2H3,(H,17,19)/t10-/m1/s1. The second-order valence-corrected chi connectivity index (χ2v) is 5.46. The van der Waals surface area contributed by atoms with Crippen LogP contribution in [0.15, 0.2) is 18.2 Å². The zero-order valence-corrected chi connectivity index (χ0v) is 12.1. The monoisotopic (exact) mass is 281 g/mol. The van der Waals surface area contributed by atoms with Gasteiger partial charge in [-0.15, -0.1) is 0 Å². The summed E-state index contributed by atoms with van der Waals surface area (Å²) in [5, 5.41) is 6.96. The van der Waals surface area contributed by atoms with Gasteiger partial charge >= 0.3 is 0 Å². The molecule has 1 aromatic rings. The summed E-state index contributed by atoms with van der Waals surface area (Å²) in [6, 6.07) is 5.98. The average Bonchev–Trinajstić information content (AvgIpc) is 2.35. The van der Waals surface area contributed by atoms with Crippen LogP contribution < -0.4 is 10.6 Å². The molecule has 2 rings (SSSR count). The zero-order chi connectivity index (χ0) is 13.8. The van der Waals surface area contributed by atoms with Crippen molar-refractivity contribution in [1.82, 2.24) is 10.2 Å². The lowest BCUT2D eigenvalue weighted by Gasteiger charge is -2.31. The number of amides is 1. The van der Waals surface area contributed by atoms with Gasteiger partial charge in [0.1, 0.15) is 0 Å². The molecule has 0 spiro atoms. The minimum atomic E-state index is 0.0134. The van der Waals surface area contributed by atoms with E-state index in [0.29, 0.717) is 17.6 Å². The topological polar surface area (TPSA) is 44.4 Å². The Labute approximate surface area is 119 Å². The fourth-order valence-corrected chi connectivity index (χ4v) is 2.47. The summed E-state index contributed by atoms with van der Waals surface area (Å²) in [4.78, 5) is 14.2. The van der Waals surface area contributed by atoms with Crippen LogP contribution in [0.4, 0.5) is 5.69 Å². The maximum absolute atomic E-state index is 12.0. The fraction of sp³-hybridized carbons (Fsp3) is 0.500. The van der Waals surface area contributed by atoms with E-state index in [4.69, 9.17) is 11.6 Å². The number of anilines is 1. The Balaban J connectivity index is 1.92. The number of hydrogen-bond donors (Lipinski definition) is 2. The lowest BCUT2D eigenvalue weighted by Crippen LogP contribution is -2.51. The fourth-order valence-electron chi connectivity index (χ4n) is 2.29. The van der Waals surface area contributed by atoms with Crippen molar-refractivity contribution < 1.29 is 4.79 Å². The molecule has 0 saturated carbocycles. The van der Waals surface area contributed by atoms with Crippen LogP contribution in [-0.4, -0.2) is 43.0 Å². The normalized spacial score (nSPS) is 20.3. The minimum Gasteiger partial charge on any atom is -0.325 e. The highest BCUT2D eigenvalue weighted by molar-refractivity contribution is 6.31. The summed E-state index contributed by atoms with van der Waals surface area (Å²) in [6.45, 7) is 7.22. The Hall–Kier alpha value is -1.10. The maximum Gasteiger partial charge on any atom is 0.238 e. The molecule has 1 aromatic carbocycles. The van der Waals surface area contributed by atoms with Gasteiger partial charge in [0.2, 0.25) is 5.91 Å². The quantitative estimate of drug-likeness (QED) is 0.889. The van der Waals surface area contributed by atoms with E-state index >= 15 is 0 Å². The van der Waals surface area contributed by atoms with Gasteiger partial charge in [-0.2, -0.15) is 0 Å². The summed E-state index contributed by atoms with van der Waals surface area (Å²) in [5.41, 5.74) is 1.70. The first-order valence-corrected chi connectivity index (χ1v) is 6.95. The minimum absolute atomic E-state index is 0.0134. The summed E-state index contributed by atoms with van der Waals surface area (Å²) < 4.78 is 0. The summed E-state index contributed by atoms with van der Waals surface area (Å²) in [6.07, 6.45) is 0. The van der Waals surface area contributed by atoms with Crippen LogP contribution in [0.3, 0.4) is 0 Å². The van der Waals surface area contributed by atoms with E-state index < -0.39 is 0 Å². The number of carbonyl (C=O) groups excluding carboxylic acids is 1. The van der Waals surface area contributed by atoms with Gasteiger partial charge in [0.15, 0.2) is 0 Å². The van der Waals surface area contributed by atoms with Gasteiger partial charge < -0.3 is 10.6 Å². The number of benzene rings is 1. The van der Waals surface area contributed by atoms with E-state index in [-0.39, 0.29) is 5.91 Å². The molecule has 104 valence electrons. The van der Waals surface area contributed by atoms with Crippen LogP contribution in [0.1, 0.15) is 12.5 Å². The molecule has 0 bridgehead atoms. The predicted molar refractivity (Wildman–Crippen MR) is 78.7 cm³/mol. The number of hydrogen-bond acceptors (Lipinski definition) is 3. The first kappa shape index (κ1) is 14.3. The van der Waals surface area contributed by atoms with Gasteiger partial charge in [0, 0.05) is 36.4 Å². The summed E-state index contributed by atoms with van der Waals surface area (Å²) >= 11 is 6.04. The molecule has 1 atom stereocenters. The Morgan fingerprint density at radius 3 is 3.11 bits per heavy atom. The smallest absolute Gasteiger partial charge is 0.238 e. The molecule has 1 heterocycles. The van der Waals surface area contributed by atoms with Crippen LogP contribution in [-0.2, 0) is 4.79 Å². The second-order valence-electron chi connectivity index (χ2n) is 5.05. The van der Waals surface area contributed by atoms with Crippen molar-refractivity contribution in [3.63, 3.8) is 0 Å². The van der Waals surface area contributed by atoms with E-state index in [1.54, 1.807) is 0 Å². The van der Waals surface area contributed by atoms with E-state index in [1.807, 2.05) is 25.1 Å². The second kappa shape index (κ2) is 6.37. The molecule has 0 aromatic heterocycles. The van der Waals surface area contributed by atoms with Gasteiger partial charge in [-0.1, -0.05) is 17.7 Å². The molecule has 0 unspecified atom stereocenters. The third kappa shape index (κ3) is 3.93.